The summed E-state index contributed by atoms with van der Waals surface area (Å²) in [5, 5.41) is 16.6. The van der Waals surface area contributed by atoms with E-state index in [1.807, 2.05) is 9.80 Å². The number of amides is 1. The predicted molar refractivity (Wildman–Crippen MR) is 137 cm³/mol. The van der Waals surface area contributed by atoms with Gasteiger partial charge in [-0.15, -0.1) is 0 Å². The van der Waals surface area contributed by atoms with Gasteiger partial charge < -0.3 is 19.9 Å². The molecule has 0 unspecified atom stereocenters. The van der Waals surface area contributed by atoms with Crippen molar-refractivity contribution in [1.82, 2.24) is 5.32 Å². The van der Waals surface area contributed by atoms with E-state index in [9.17, 15) is 28.1 Å². The van der Waals surface area contributed by atoms with Crippen molar-refractivity contribution in [3.05, 3.63) is 57.6 Å². The van der Waals surface area contributed by atoms with Gasteiger partial charge in [0.1, 0.15) is 5.69 Å². The van der Waals surface area contributed by atoms with Gasteiger partial charge in [-0.2, -0.15) is 13.2 Å². The summed E-state index contributed by atoms with van der Waals surface area (Å²) in [5.74, 6) is -0.717. The van der Waals surface area contributed by atoms with Crippen LogP contribution >= 0.6 is 12.2 Å². The van der Waals surface area contributed by atoms with Gasteiger partial charge in [0.05, 0.1) is 35.1 Å². The number of nitrogens with one attached hydrogen (secondary N) is 2. The van der Waals surface area contributed by atoms with Crippen LogP contribution in [-0.4, -0.2) is 55.3 Å². The summed E-state index contributed by atoms with van der Waals surface area (Å²) in [5.41, 5.74) is -0.0519. The van der Waals surface area contributed by atoms with Gasteiger partial charge in [0, 0.05) is 37.8 Å². The number of benzene rings is 2. The number of thiocarbonyl (C=S) groups is 1. The molecule has 9 nitrogen and oxygen atoms in total. The first-order valence-electron chi connectivity index (χ1n) is 11.8. The number of morpholine rings is 1. The minimum absolute atomic E-state index is 0.00838. The highest BCUT2D eigenvalue weighted by Crippen LogP contribution is 2.36. The van der Waals surface area contributed by atoms with Crippen LogP contribution in [0.2, 0.25) is 0 Å². The topological polar surface area (TPSA) is 100.0 Å². The number of nitrogens with zero attached hydrogens (tertiary/aromatic N) is 3. The number of halogens is 3. The molecule has 37 heavy (non-hydrogen) atoms. The highest BCUT2D eigenvalue weighted by molar-refractivity contribution is 7.80. The van der Waals surface area contributed by atoms with Crippen LogP contribution < -0.4 is 20.4 Å². The lowest BCUT2D eigenvalue weighted by atomic mass is 10.1. The molecule has 2 aliphatic rings. The molecule has 2 aliphatic heterocycles. The van der Waals surface area contributed by atoms with Crippen molar-refractivity contribution >= 4 is 46.0 Å². The average molecular weight is 538 g/mol. The standard InChI is InChI=1S/C24H26F3N5O4S/c25-24(26,27)17-5-7-19(31-10-12-36-13-11-31)18(15-17)28-23(37)29-22(33)16-4-6-20(21(14-16)32(34)35)30-8-2-1-3-9-30/h4-7,14-15H,1-3,8-13H2,(H2,28,29,33,37). The molecule has 0 bridgehead atoms. The molecule has 2 saturated heterocycles. The maximum atomic E-state index is 13.4. The minimum atomic E-state index is -4.57. The third kappa shape index (κ3) is 6.46. The molecule has 0 atom stereocenters. The van der Waals surface area contributed by atoms with E-state index < -0.39 is 22.6 Å². The summed E-state index contributed by atoms with van der Waals surface area (Å²) >= 11 is 5.21. The van der Waals surface area contributed by atoms with Crippen LogP contribution in [0.1, 0.15) is 35.2 Å². The van der Waals surface area contributed by atoms with E-state index in [1.54, 1.807) is 0 Å². The van der Waals surface area contributed by atoms with Crippen LogP contribution in [0.25, 0.3) is 0 Å². The average Bonchev–Trinajstić information content (AvgIpc) is 2.88. The Balaban J connectivity index is 1.52. The van der Waals surface area contributed by atoms with E-state index in [0.29, 0.717) is 50.8 Å². The number of alkyl halides is 3. The van der Waals surface area contributed by atoms with Crippen LogP contribution in [0.5, 0.6) is 0 Å². The van der Waals surface area contributed by atoms with Crippen LogP contribution in [0.15, 0.2) is 36.4 Å². The Bertz CT molecular complexity index is 1180. The molecule has 2 N–H and O–H groups in total. The molecule has 13 heteroatoms. The highest BCUT2D eigenvalue weighted by atomic mass is 32.1. The zero-order valence-corrected chi connectivity index (χ0v) is 20.7. The van der Waals surface area contributed by atoms with Gasteiger partial charge in [-0.05, 0) is 61.8 Å². The molecular weight excluding hydrogens is 511 g/mol. The molecular formula is C24H26F3N5O4S. The van der Waals surface area contributed by atoms with Gasteiger partial charge in [0.25, 0.3) is 11.6 Å². The van der Waals surface area contributed by atoms with Crippen LogP contribution in [0, 0.1) is 10.1 Å². The number of piperidine rings is 1. The zero-order valence-electron chi connectivity index (χ0n) is 19.8. The fourth-order valence-corrected chi connectivity index (χ4v) is 4.64. The summed E-state index contributed by atoms with van der Waals surface area (Å²) in [7, 11) is 0. The fraction of sp³-hybridized carbons (Fsp3) is 0.417. The Labute approximate surface area is 216 Å². The molecule has 0 radical (unpaired) electrons. The van der Waals surface area contributed by atoms with Crippen molar-refractivity contribution in [2.24, 2.45) is 0 Å². The zero-order chi connectivity index (χ0) is 26.6. The highest BCUT2D eigenvalue weighted by Gasteiger charge is 2.32. The second-order valence-corrected chi connectivity index (χ2v) is 9.15. The summed E-state index contributed by atoms with van der Waals surface area (Å²) in [4.78, 5) is 27.8. The van der Waals surface area contributed by atoms with Crippen molar-refractivity contribution < 1.29 is 27.6 Å². The SMILES string of the molecule is O=C(NC(=S)Nc1cc(C(F)(F)F)ccc1N1CCOCC1)c1ccc(N2CCCCC2)c([N+](=O)[O-])c1. The Morgan fingerprint density at radius 2 is 1.62 bits per heavy atom. The molecule has 0 aromatic heterocycles. The van der Waals surface area contributed by atoms with Crippen molar-refractivity contribution in [3.63, 3.8) is 0 Å². The van der Waals surface area contributed by atoms with Crippen LogP contribution in [0.4, 0.5) is 35.9 Å². The lowest BCUT2D eigenvalue weighted by Gasteiger charge is -2.31. The summed E-state index contributed by atoms with van der Waals surface area (Å²) in [6.07, 6.45) is -1.64. The van der Waals surface area contributed by atoms with Crippen LogP contribution in [-0.2, 0) is 10.9 Å². The maximum absolute atomic E-state index is 13.4. The second-order valence-electron chi connectivity index (χ2n) is 8.75. The van der Waals surface area contributed by atoms with Crippen molar-refractivity contribution in [2.45, 2.75) is 25.4 Å². The Hall–Kier alpha value is -3.45. The predicted octanol–water partition coefficient (Wildman–Crippen LogP) is 4.57. The van der Waals surface area contributed by atoms with Gasteiger partial charge in [-0.25, -0.2) is 0 Å². The smallest absolute Gasteiger partial charge is 0.378 e. The summed E-state index contributed by atoms with van der Waals surface area (Å²) < 4.78 is 45.4. The minimum Gasteiger partial charge on any atom is -0.378 e. The lowest BCUT2D eigenvalue weighted by Crippen LogP contribution is -2.38. The van der Waals surface area contributed by atoms with Gasteiger partial charge in [-0.3, -0.25) is 20.2 Å². The third-order valence-corrected chi connectivity index (χ3v) is 6.49. The number of carbonyl (C=O) groups excluding carboxylic acids is 1. The monoisotopic (exact) mass is 537 g/mol. The quantitative estimate of drug-likeness (QED) is 0.325. The first-order chi connectivity index (χ1) is 17.6. The van der Waals surface area contributed by atoms with E-state index in [2.05, 4.69) is 10.6 Å². The van der Waals surface area contributed by atoms with Crippen LogP contribution in [0.3, 0.4) is 0 Å². The van der Waals surface area contributed by atoms with E-state index in [0.717, 1.165) is 31.4 Å². The number of carbonyl (C=O) groups is 1. The number of anilines is 3. The van der Waals surface area contributed by atoms with E-state index in [-0.39, 0.29) is 22.1 Å². The van der Waals surface area contributed by atoms with Gasteiger partial charge >= 0.3 is 6.18 Å². The second kappa shape index (κ2) is 11.3. The molecule has 2 fully saturated rings. The molecule has 4 rings (SSSR count). The molecule has 2 heterocycles. The Morgan fingerprint density at radius 3 is 2.27 bits per heavy atom. The molecule has 0 spiro atoms. The summed E-state index contributed by atoms with van der Waals surface area (Å²) in [6.45, 7) is 3.20. The van der Waals surface area contributed by atoms with E-state index in [1.165, 1.54) is 24.3 Å². The Kier molecular flexibility index (Phi) is 8.13. The van der Waals surface area contributed by atoms with Crippen molar-refractivity contribution in [1.29, 1.82) is 0 Å². The number of nitro benzene ring substituents is 1. The number of hydrogen-bond donors (Lipinski definition) is 2. The Morgan fingerprint density at radius 1 is 0.973 bits per heavy atom. The maximum Gasteiger partial charge on any atom is 0.416 e. The molecule has 0 saturated carbocycles. The molecule has 2 aromatic rings. The number of nitro groups is 1. The third-order valence-electron chi connectivity index (χ3n) is 6.28. The lowest BCUT2D eigenvalue weighted by molar-refractivity contribution is -0.384. The number of rotatable bonds is 5. The molecule has 2 aromatic carbocycles. The van der Waals surface area contributed by atoms with E-state index >= 15 is 0 Å². The molecule has 0 aliphatic carbocycles. The van der Waals surface area contributed by atoms with E-state index in [4.69, 9.17) is 17.0 Å². The van der Waals surface area contributed by atoms with Crippen molar-refractivity contribution in [3.8, 4) is 0 Å². The normalized spacial score (nSPS) is 16.3. The van der Waals surface area contributed by atoms with Crippen molar-refractivity contribution in [2.75, 3.05) is 54.5 Å². The van der Waals surface area contributed by atoms with Gasteiger partial charge in [-0.1, -0.05) is 0 Å². The first-order valence-corrected chi connectivity index (χ1v) is 12.2. The number of hydrogen-bond acceptors (Lipinski definition) is 7. The van der Waals surface area contributed by atoms with Gasteiger partial charge in [0.2, 0.25) is 0 Å². The fourth-order valence-electron chi connectivity index (χ4n) is 4.43. The number of ether oxygens (including phenoxy) is 1. The van der Waals surface area contributed by atoms with Gasteiger partial charge in [0.15, 0.2) is 5.11 Å². The largest absolute Gasteiger partial charge is 0.416 e. The summed E-state index contributed by atoms with van der Waals surface area (Å²) in [6, 6.07) is 7.47. The molecule has 1 amide bonds. The first kappa shape index (κ1) is 26.6. The molecule has 198 valence electrons.